The lowest BCUT2D eigenvalue weighted by Gasteiger charge is -2.05. The van der Waals surface area contributed by atoms with Crippen molar-refractivity contribution in [1.82, 2.24) is 5.43 Å². The van der Waals surface area contributed by atoms with Crippen molar-refractivity contribution in [2.75, 3.05) is 5.32 Å². The molecule has 0 aliphatic heterocycles. The molecule has 5 nitrogen and oxygen atoms in total. The summed E-state index contributed by atoms with van der Waals surface area (Å²) in [7, 11) is 0. The molecule has 2 aromatic rings. The molecule has 0 radical (unpaired) electrons. The first-order valence-electron chi connectivity index (χ1n) is 6.31. The number of anilines is 1. The molecule has 0 bridgehead atoms. The van der Waals surface area contributed by atoms with Crippen molar-refractivity contribution in [2.24, 2.45) is 5.10 Å². The van der Waals surface area contributed by atoms with E-state index in [2.05, 4.69) is 10.4 Å². The Kier molecular flexibility index (Phi) is 5.67. The van der Waals surface area contributed by atoms with Crippen LogP contribution in [0.4, 0.5) is 10.1 Å². The lowest BCUT2D eigenvalue weighted by Crippen LogP contribution is -2.32. The van der Waals surface area contributed by atoms with Crippen molar-refractivity contribution in [3.8, 4) is 0 Å². The zero-order valence-corrected chi connectivity index (χ0v) is 13.0. The number of amides is 2. The number of nitrogens with one attached hydrogen (secondary N) is 2. The van der Waals surface area contributed by atoms with Crippen molar-refractivity contribution in [3.63, 3.8) is 0 Å². The molecule has 23 heavy (non-hydrogen) atoms. The summed E-state index contributed by atoms with van der Waals surface area (Å²) in [4.78, 5) is 23.3. The molecule has 0 fully saturated rings. The van der Waals surface area contributed by atoms with E-state index in [1.807, 2.05) is 5.43 Å². The molecule has 0 saturated carbocycles. The average molecular weight is 354 g/mol. The Morgan fingerprint density at radius 2 is 1.78 bits per heavy atom. The molecule has 2 N–H and O–H groups in total. The Balaban J connectivity index is 1.94. The SMILES string of the molecule is O=C(N/N=C\c1ccccc1F)C(=O)Nc1ccc(Cl)c(Cl)c1. The third-order valence-corrected chi connectivity index (χ3v) is 3.40. The van der Waals surface area contributed by atoms with Crippen molar-refractivity contribution in [3.05, 3.63) is 63.9 Å². The highest BCUT2D eigenvalue weighted by Gasteiger charge is 2.13. The molecule has 0 aromatic heterocycles. The fourth-order valence-corrected chi connectivity index (χ4v) is 1.85. The Morgan fingerprint density at radius 1 is 1.04 bits per heavy atom. The first-order valence-corrected chi connectivity index (χ1v) is 7.07. The Labute approximate surface area is 141 Å². The fraction of sp³-hybridized carbons (Fsp3) is 0. The van der Waals surface area contributed by atoms with Gasteiger partial charge in [0.25, 0.3) is 0 Å². The summed E-state index contributed by atoms with van der Waals surface area (Å²) < 4.78 is 13.3. The highest BCUT2D eigenvalue weighted by Crippen LogP contribution is 2.24. The summed E-state index contributed by atoms with van der Waals surface area (Å²) in [5, 5.41) is 6.41. The number of hydrazone groups is 1. The van der Waals surface area contributed by atoms with Gasteiger partial charge >= 0.3 is 11.8 Å². The summed E-state index contributed by atoms with van der Waals surface area (Å²) in [5.41, 5.74) is 2.48. The minimum atomic E-state index is -1.01. The monoisotopic (exact) mass is 353 g/mol. The molecule has 0 heterocycles. The number of nitrogens with zero attached hydrogens (tertiary/aromatic N) is 1. The molecule has 2 rings (SSSR count). The normalized spacial score (nSPS) is 10.6. The second-order valence-corrected chi connectivity index (χ2v) is 5.12. The van der Waals surface area contributed by atoms with E-state index in [1.165, 1.54) is 36.4 Å². The first-order chi connectivity index (χ1) is 11.0. The van der Waals surface area contributed by atoms with Crippen LogP contribution in [0.1, 0.15) is 5.56 Å². The molecule has 0 aliphatic rings. The maximum atomic E-state index is 13.3. The Bertz CT molecular complexity index is 781. The molecular formula is C15H10Cl2FN3O2. The van der Waals surface area contributed by atoms with Crippen molar-refractivity contribution in [2.45, 2.75) is 0 Å². The summed E-state index contributed by atoms with van der Waals surface area (Å²) in [6, 6.07) is 10.2. The van der Waals surface area contributed by atoms with E-state index in [0.29, 0.717) is 10.7 Å². The van der Waals surface area contributed by atoms with Crippen molar-refractivity contribution < 1.29 is 14.0 Å². The predicted octanol–water partition coefficient (Wildman–Crippen LogP) is 3.22. The highest BCUT2D eigenvalue weighted by molar-refractivity contribution is 6.42. The van der Waals surface area contributed by atoms with E-state index in [0.717, 1.165) is 6.21 Å². The molecule has 0 spiro atoms. The number of benzene rings is 2. The molecule has 0 atom stereocenters. The number of halogens is 3. The van der Waals surface area contributed by atoms with E-state index in [-0.39, 0.29) is 10.6 Å². The van der Waals surface area contributed by atoms with Crippen LogP contribution < -0.4 is 10.7 Å². The van der Waals surface area contributed by atoms with E-state index >= 15 is 0 Å². The lowest BCUT2D eigenvalue weighted by atomic mass is 10.2. The van der Waals surface area contributed by atoms with E-state index < -0.39 is 17.6 Å². The number of hydrogen-bond donors (Lipinski definition) is 2. The smallest absolute Gasteiger partial charge is 0.318 e. The Hall–Kier alpha value is -2.44. The molecule has 8 heteroatoms. The highest BCUT2D eigenvalue weighted by atomic mass is 35.5. The molecule has 2 amide bonds. The van der Waals surface area contributed by atoms with Gasteiger partial charge in [-0.1, -0.05) is 41.4 Å². The van der Waals surface area contributed by atoms with Crippen LogP contribution in [0.2, 0.25) is 10.0 Å². The van der Waals surface area contributed by atoms with Crippen LogP contribution in [-0.4, -0.2) is 18.0 Å². The molecule has 118 valence electrons. The van der Waals surface area contributed by atoms with Gasteiger partial charge in [0, 0.05) is 11.3 Å². The van der Waals surface area contributed by atoms with E-state index in [9.17, 15) is 14.0 Å². The van der Waals surface area contributed by atoms with Crippen LogP contribution in [0.15, 0.2) is 47.6 Å². The van der Waals surface area contributed by atoms with Gasteiger partial charge < -0.3 is 5.32 Å². The van der Waals surface area contributed by atoms with Crippen molar-refractivity contribution in [1.29, 1.82) is 0 Å². The van der Waals surface area contributed by atoms with Gasteiger partial charge in [0.05, 0.1) is 16.3 Å². The summed E-state index contributed by atoms with van der Waals surface area (Å²) >= 11 is 11.5. The summed E-state index contributed by atoms with van der Waals surface area (Å²) in [5.74, 6) is -2.46. The van der Waals surface area contributed by atoms with Crippen LogP contribution >= 0.6 is 23.2 Å². The van der Waals surface area contributed by atoms with Crippen LogP contribution in [0.3, 0.4) is 0 Å². The fourth-order valence-electron chi connectivity index (χ4n) is 1.55. The van der Waals surface area contributed by atoms with Gasteiger partial charge in [0.2, 0.25) is 0 Å². The maximum absolute atomic E-state index is 13.3. The Morgan fingerprint density at radius 3 is 2.48 bits per heavy atom. The maximum Gasteiger partial charge on any atom is 0.329 e. The average Bonchev–Trinajstić information content (AvgIpc) is 2.52. The van der Waals surface area contributed by atoms with Gasteiger partial charge in [-0.3, -0.25) is 9.59 Å². The molecule has 0 unspecified atom stereocenters. The molecule has 0 saturated heterocycles. The zero-order chi connectivity index (χ0) is 16.8. The third kappa shape index (κ3) is 4.77. The number of hydrogen-bond acceptors (Lipinski definition) is 3. The quantitative estimate of drug-likeness (QED) is 0.505. The number of carbonyl (C=O) groups is 2. The standard InChI is InChI=1S/C15H10Cl2FN3O2/c16-11-6-5-10(7-12(11)17)20-14(22)15(23)21-19-8-9-3-1-2-4-13(9)18/h1-8H,(H,20,22)(H,21,23)/b19-8-. The third-order valence-electron chi connectivity index (χ3n) is 2.66. The minimum Gasteiger partial charge on any atom is -0.318 e. The van der Waals surface area contributed by atoms with E-state index in [4.69, 9.17) is 23.2 Å². The molecule has 0 aliphatic carbocycles. The van der Waals surface area contributed by atoms with Crippen LogP contribution in [0.25, 0.3) is 0 Å². The van der Waals surface area contributed by atoms with Crippen LogP contribution in [0.5, 0.6) is 0 Å². The van der Waals surface area contributed by atoms with Gasteiger partial charge in [-0.15, -0.1) is 0 Å². The lowest BCUT2D eigenvalue weighted by molar-refractivity contribution is -0.136. The minimum absolute atomic E-state index is 0.178. The van der Waals surface area contributed by atoms with Gasteiger partial charge in [-0.25, -0.2) is 9.82 Å². The summed E-state index contributed by atoms with van der Waals surface area (Å²) in [6.45, 7) is 0. The summed E-state index contributed by atoms with van der Waals surface area (Å²) in [6.07, 6.45) is 1.10. The topological polar surface area (TPSA) is 70.6 Å². The van der Waals surface area contributed by atoms with Gasteiger partial charge in [-0.05, 0) is 24.3 Å². The van der Waals surface area contributed by atoms with Gasteiger partial charge in [0.15, 0.2) is 0 Å². The molecular weight excluding hydrogens is 344 g/mol. The molecule has 2 aromatic carbocycles. The zero-order valence-electron chi connectivity index (χ0n) is 11.5. The predicted molar refractivity (Wildman–Crippen MR) is 87.2 cm³/mol. The first kappa shape index (κ1) is 16.9. The number of rotatable bonds is 3. The largest absolute Gasteiger partial charge is 0.329 e. The van der Waals surface area contributed by atoms with E-state index in [1.54, 1.807) is 6.07 Å². The van der Waals surface area contributed by atoms with Crippen LogP contribution in [-0.2, 0) is 9.59 Å². The second-order valence-electron chi connectivity index (χ2n) is 4.30. The van der Waals surface area contributed by atoms with Crippen molar-refractivity contribution >= 4 is 46.9 Å². The number of carbonyl (C=O) groups excluding carboxylic acids is 2. The van der Waals surface area contributed by atoms with Gasteiger partial charge in [-0.2, -0.15) is 5.10 Å². The van der Waals surface area contributed by atoms with Gasteiger partial charge in [0.1, 0.15) is 5.82 Å². The second kappa shape index (κ2) is 7.71. The van der Waals surface area contributed by atoms with Crippen LogP contribution in [0, 0.1) is 5.82 Å².